The number of aldehydes is 1. The number of nitrogens with zero attached hydrogens (tertiary/aromatic N) is 1. The molecule has 1 aromatic heterocycles. The molecule has 0 saturated heterocycles. The van der Waals surface area contributed by atoms with Crippen LogP contribution in [0, 0.1) is 3.70 Å². The van der Waals surface area contributed by atoms with E-state index in [1.54, 1.807) is 0 Å². The van der Waals surface area contributed by atoms with Gasteiger partial charge in [-0.3, -0.25) is 4.79 Å². The zero-order chi connectivity index (χ0) is 13.2. The number of pyridine rings is 1. The molecule has 9 heteroatoms. The zero-order valence-electron chi connectivity index (χ0n) is 7.76. The minimum absolute atomic E-state index is 0.0427. The Hall–Kier alpha value is -1.00. The number of ether oxygens (including phenoxy) is 1. The predicted molar refractivity (Wildman–Crippen MR) is 54.0 cm³/mol. The van der Waals surface area contributed by atoms with E-state index in [9.17, 15) is 26.7 Å². The standard InChI is InChI=1S/C8H3F5INO2/c9-6(10)3-1-5(17-8(11,12)13)7(14)15-4(3)2-16/h1-2,6H. The molecule has 0 fully saturated rings. The lowest BCUT2D eigenvalue weighted by Gasteiger charge is -2.12. The summed E-state index contributed by atoms with van der Waals surface area (Å²) in [6.45, 7) is 0. The Labute approximate surface area is 105 Å². The first kappa shape index (κ1) is 14.1. The summed E-state index contributed by atoms with van der Waals surface area (Å²) >= 11 is 1.35. The molecule has 94 valence electrons. The van der Waals surface area contributed by atoms with Gasteiger partial charge in [-0.15, -0.1) is 13.2 Å². The van der Waals surface area contributed by atoms with Crippen molar-refractivity contribution in [3.63, 3.8) is 0 Å². The normalized spacial score (nSPS) is 11.7. The lowest BCUT2D eigenvalue weighted by molar-refractivity contribution is -0.275. The SMILES string of the molecule is O=Cc1nc(I)c(OC(F)(F)F)cc1C(F)F. The first-order valence-electron chi connectivity index (χ1n) is 3.94. The largest absolute Gasteiger partial charge is 0.573 e. The van der Waals surface area contributed by atoms with Crippen LogP contribution in [0.1, 0.15) is 22.5 Å². The topological polar surface area (TPSA) is 39.2 Å². The van der Waals surface area contributed by atoms with Crippen LogP contribution in [0.4, 0.5) is 22.0 Å². The van der Waals surface area contributed by atoms with E-state index in [2.05, 4.69) is 9.72 Å². The van der Waals surface area contributed by atoms with Crippen molar-refractivity contribution < 1.29 is 31.5 Å². The van der Waals surface area contributed by atoms with E-state index < -0.39 is 29.8 Å². The number of aromatic nitrogens is 1. The molecule has 0 aliphatic carbocycles. The second-order valence-electron chi connectivity index (χ2n) is 2.72. The maximum Gasteiger partial charge on any atom is 0.573 e. The van der Waals surface area contributed by atoms with Gasteiger partial charge in [0.15, 0.2) is 12.0 Å². The van der Waals surface area contributed by atoms with Gasteiger partial charge < -0.3 is 4.74 Å². The van der Waals surface area contributed by atoms with Crippen LogP contribution in [-0.4, -0.2) is 17.6 Å². The average molecular weight is 367 g/mol. The Morgan fingerprint density at radius 3 is 2.41 bits per heavy atom. The van der Waals surface area contributed by atoms with Gasteiger partial charge in [-0.05, 0) is 28.7 Å². The molecular formula is C8H3F5INO2. The summed E-state index contributed by atoms with van der Waals surface area (Å²) in [5.74, 6) is -0.862. The molecule has 1 aromatic rings. The van der Waals surface area contributed by atoms with Gasteiger partial charge in [-0.25, -0.2) is 13.8 Å². The summed E-state index contributed by atoms with van der Waals surface area (Å²) in [6, 6.07) is 0.455. The fourth-order valence-corrected chi connectivity index (χ4v) is 1.49. The van der Waals surface area contributed by atoms with Crippen LogP contribution in [0.25, 0.3) is 0 Å². The maximum absolute atomic E-state index is 12.4. The van der Waals surface area contributed by atoms with Gasteiger partial charge in [-0.2, -0.15) is 0 Å². The number of carbonyl (C=O) groups is 1. The summed E-state index contributed by atoms with van der Waals surface area (Å²) in [5.41, 5.74) is -1.52. The number of alkyl halides is 5. The van der Waals surface area contributed by atoms with E-state index in [1.165, 1.54) is 22.6 Å². The highest BCUT2D eigenvalue weighted by atomic mass is 127. The molecule has 0 aliphatic heterocycles. The molecule has 0 amide bonds. The van der Waals surface area contributed by atoms with E-state index in [-0.39, 0.29) is 9.99 Å². The third-order valence-electron chi connectivity index (χ3n) is 1.58. The zero-order valence-corrected chi connectivity index (χ0v) is 9.92. The van der Waals surface area contributed by atoms with Crippen molar-refractivity contribution in [2.45, 2.75) is 12.8 Å². The predicted octanol–water partition coefficient (Wildman–Crippen LogP) is 3.33. The monoisotopic (exact) mass is 367 g/mol. The number of rotatable bonds is 3. The summed E-state index contributed by atoms with van der Waals surface area (Å²) < 4.78 is 63.8. The van der Waals surface area contributed by atoms with Gasteiger partial charge in [0, 0.05) is 0 Å². The van der Waals surface area contributed by atoms with Gasteiger partial charge >= 0.3 is 6.36 Å². The first-order chi connectivity index (χ1) is 7.74. The van der Waals surface area contributed by atoms with Gasteiger partial charge in [0.05, 0.1) is 5.56 Å². The Morgan fingerprint density at radius 2 is 2.00 bits per heavy atom. The Kier molecular flexibility index (Phi) is 4.22. The Morgan fingerprint density at radius 1 is 1.41 bits per heavy atom. The molecule has 0 spiro atoms. The van der Waals surface area contributed by atoms with Gasteiger partial charge in [-0.1, -0.05) is 0 Å². The third-order valence-corrected chi connectivity index (χ3v) is 2.35. The fourth-order valence-electron chi connectivity index (χ4n) is 0.966. The molecule has 0 N–H and O–H groups in total. The quantitative estimate of drug-likeness (QED) is 0.356. The molecule has 0 saturated carbocycles. The molecule has 3 nitrogen and oxygen atoms in total. The molecule has 0 bridgehead atoms. The van der Waals surface area contributed by atoms with Crippen LogP contribution in [0.2, 0.25) is 0 Å². The van der Waals surface area contributed by atoms with Crippen molar-refractivity contribution in [1.29, 1.82) is 0 Å². The first-order valence-corrected chi connectivity index (χ1v) is 5.02. The lowest BCUT2D eigenvalue weighted by atomic mass is 10.2. The summed E-state index contributed by atoms with van der Waals surface area (Å²) in [5, 5.41) is 0. The van der Waals surface area contributed by atoms with Crippen LogP contribution in [-0.2, 0) is 0 Å². The molecule has 0 aliphatic rings. The maximum atomic E-state index is 12.4. The van der Waals surface area contributed by atoms with Crippen LogP contribution in [0.15, 0.2) is 6.07 Å². The van der Waals surface area contributed by atoms with Gasteiger partial charge in [0.1, 0.15) is 9.39 Å². The van der Waals surface area contributed by atoms with Crippen molar-refractivity contribution in [2.75, 3.05) is 0 Å². The van der Waals surface area contributed by atoms with E-state index in [1.807, 2.05) is 0 Å². The van der Waals surface area contributed by atoms with Gasteiger partial charge in [0.25, 0.3) is 6.43 Å². The lowest BCUT2D eigenvalue weighted by Crippen LogP contribution is -2.18. The smallest absolute Gasteiger partial charge is 0.403 e. The van der Waals surface area contributed by atoms with E-state index in [0.29, 0.717) is 6.07 Å². The minimum atomic E-state index is -5.01. The molecule has 0 aromatic carbocycles. The molecular weight excluding hydrogens is 364 g/mol. The highest BCUT2D eigenvalue weighted by Gasteiger charge is 2.33. The highest BCUT2D eigenvalue weighted by molar-refractivity contribution is 14.1. The Balaban J connectivity index is 3.24. The number of carbonyl (C=O) groups excluding carboxylic acids is 1. The minimum Gasteiger partial charge on any atom is -0.403 e. The van der Waals surface area contributed by atoms with Crippen molar-refractivity contribution in [1.82, 2.24) is 4.98 Å². The van der Waals surface area contributed by atoms with E-state index in [4.69, 9.17) is 0 Å². The van der Waals surface area contributed by atoms with Crippen molar-refractivity contribution in [3.8, 4) is 5.75 Å². The van der Waals surface area contributed by atoms with E-state index in [0.717, 1.165) is 0 Å². The van der Waals surface area contributed by atoms with Crippen molar-refractivity contribution in [3.05, 3.63) is 21.0 Å². The van der Waals surface area contributed by atoms with Crippen LogP contribution in [0.5, 0.6) is 5.75 Å². The van der Waals surface area contributed by atoms with E-state index >= 15 is 0 Å². The number of halogens is 6. The molecule has 0 atom stereocenters. The second-order valence-corrected chi connectivity index (χ2v) is 3.74. The van der Waals surface area contributed by atoms with Crippen LogP contribution in [0.3, 0.4) is 0 Å². The summed E-state index contributed by atoms with van der Waals surface area (Å²) in [7, 11) is 0. The molecule has 1 heterocycles. The fraction of sp³-hybridized carbons (Fsp3) is 0.250. The molecule has 0 radical (unpaired) electrons. The summed E-state index contributed by atoms with van der Waals surface area (Å²) in [6.07, 6.45) is -8.08. The van der Waals surface area contributed by atoms with Crippen LogP contribution >= 0.6 is 22.6 Å². The van der Waals surface area contributed by atoms with Crippen molar-refractivity contribution >= 4 is 28.9 Å². The molecule has 17 heavy (non-hydrogen) atoms. The summed E-state index contributed by atoms with van der Waals surface area (Å²) in [4.78, 5) is 13.7. The van der Waals surface area contributed by atoms with Crippen molar-refractivity contribution in [2.24, 2.45) is 0 Å². The third kappa shape index (κ3) is 3.75. The number of hydrogen-bond donors (Lipinski definition) is 0. The number of hydrogen-bond acceptors (Lipinski definition) is 3. The van der Waals surface area contributed by atoms with Gasteiger partial charge in [0.2, 0.25) is 0 Å². The second kappa shape index (κ2) is 5.10. The Bertz CT molecular complexity index is 435. The average Bonchev–Trinajstić information content (AvgIpc) is 2.18. The highest BCUT2D eigenvalue weighted by Crippen LogP contribution is 2.31. The van der Waals surface area contributed by atoms with Crippen LogP contribution < -0.4 is 4.74 Å². The molecule has 1 rings (SSSR count). The molecule has 0 unspecified atom stereocenters.